The Morgan fingerprint density at radius 1 is 0.861 bits per heavy atom. The highest BCUT2D eigenvalue weighted by Crippen LogP contribution is 2.32. The second kappa shape index (κ2) is 10.6. The summed E-state index contributed by atoms with van der Waals surface area (Å²) >= 11 is 0. The van der Waals surface area contributed by atoms with Crippen molar-refractivity contribution < 1.29 is 14.7 Å². The monoisotopic (exact) mass is 492 g/mol. The minimum atomic E-state index is -0.778. The van der Waals surface area contributed by atoms with E-state index < -0.39 is 22.8 Å². The Kier molecular flexibility index (Phi) is 7.82. The van der Waals surface area contributed by atoms with Gasteiger partial charge in [0.15, 0.2) is 5.75 Å². The molecule has 0 aromatic heterocycles. The highest BCUT2D eigenvalue weighted by Gasteiger charge is 2.32. The smallest absolute Gasteiger partial charge is 0.257 e. The summed E-state index contributed by atoms with van der Waals surface area (Å²) in [5.41, 5.74) is -0.518. The lowest BCUT2D eigenvalue weighted by Gasteiger charge is -2.32. The van der Waals surface area contributed by atoms with Crippen molar-refractivity contribution in [2.75, 3.05) is 31.8 Å². The number of phenolic OH excluding ortho intramolecular Hbond substituents is 1. The van der Waals surface area contributed by atoms with Crippen LogP contribution in [0, 0.1) is 5.92 Å². The molecule has 36 heavy (non-hydrogen) atoms. The maximum absolute atomic E-state index is 13.4. The second-order valence-corrected chi connectivity index (χ2v) is 9.34. The number of rotatable bonds is 9. The average molecular weight is 493 g/mol. The number of carbonyl (C=O) groups is 2. The first-order chi connectivity index (χ1) is 17.0. The van der Waals surface area contributed by atoms with Gasteiger partial charge in [0.2, 0.25) is 5.91 Å². The Bertz CT molecular complexity index is 1330. The molecule has 0 aliphatic heterocycles. The summed E-state index contributed by atoms with van der Waals surface area (Å²) < 4.78 is 0. The number of aromatic hydroxyl groups is 1. The van der Waals surface area contributed by atoms with Crippen LogP contribution < -0.4 is 21.5 Å². The van der Waals surface area contributed by atoms with Gasteiger partial charge >= 0.3 is 0 Å². The fraction of sp³-hybridized carbons (Fsp3) is 0.333. The molecule has 3 aromatic carbocycles. The van der Waals surface area contributed by atoms with Gasteiger partial charge in [-0.3, -0.25) is 19.2 Å². The summed E-state index contributed by atoms with van der Waals surface area (Å²) in [7, 11) is 4.81. The average Bonchev–Trinajstić information content (AvgIpc) is 2.87. The summed E-state index contributed by atoms with van der Waals surface area (Å²) in [5, 5.41) is 16.3. The zero-order valence-corrected chi connectivity index (χ0v) is 21.3. The van der Waals surface area contributed by atoms with Gasteiger partial charge in [0.25, 0.3) is 16.8 Å². The number of benzene rings is 2. The molecule has 0 saturated carbocycles. The van der Waals surface area contributed by atoms with Crippen LogP contribution in [0.5, 0.6) is 5.75 Å². The van der Waals surface area contributed by atoms with Crippen LogP contribution in [0.4, 0.5) is 17.1 Å². The lowest BCUT2D eigenvalue weighted by molar-refractivity contribution is -0.133. The first-order valence-corrected chi connectivity index (χ1v) is 11.7. The third-order valence-corrected chi connectivity index (χ3v) is 6.29. The van der Waals surface area contributed by atoms with Crippen molar-refractivity contribution in [2.45, 2.75) is 32.9 Å². The lowest BCUT2D eigenvalue weighted by Crippen LogP contribution is -2.48. The van der Waals surface area contributed by atoms with Crippen molar-refractivity contribution in [2.24, 2.45) is 5.92 Å². The number of hydrogen-bond acceptors (Lipinski definition) is 7. The van der Waals surface area contributed by atoms with Gasteiger partial charge in [-0.05, 0) is 30.5 Å². The summed E-state index contributed by atoms with van der Waals surface area (Å²) in [6.45, 7) is 5.61. The molecule has 9 heteroatoms. The Labute approximate surface area is 210 Å². The highest BCUT2D eigenvalue weighted by atomic mass is 16.3. The zero-order valence-electron chi connectivity index (χ0n) is 21.3. The number of nitrogens with one attached hydrogen (secondary N) is 2. The molecular formula is C27H32N4O5. The van der Waals surface area contributed by atoms with Crippen molar-refractivity contribution in [1.29, 1.82) is 0 Å². The summed E-state index contributed by atoms with van der Waals surface area (Å²) in [6.07, 6.45) is 0. The van der Waals surface area contributed by atoms with E-state index in [9.17, 15) is 24.3 Å². The maximum atomic E-state index is 13.4. The Morgan fingerprint density at radius 2 is 1.47 bits per heavy atom. The van der Waals surface area contributed by atoms with Gasteiger partial charge in [-0.2, -0.15) is 0 Å². The highest BCUT2D eigenvalue weighted by molar-refractivity contribution is 5.99. The van der Waals surface area contributed by atoms with Gasteiger partial charge in [-0.25, -0.2) is 0 Å². The van der Waals surface area contributed by atoms with Crippen LogP contribution in [0.1, 0.15) is 42.7 Å². The Morgan fingerprint density at radius 3 is 2.06 bits per heavy atom. The molecule has 0 fully saturated rings. The van der Waals surface area contributed by atoms with Crippen molar-refractivity contribution in [3.63, 3.8) is 0 Å². The van der Waals surface area contributed by atoms with Gasteiger partial charge < -0.3 is 25.5 Å². The van der Waals surface area contributed by atoms with Crippen molar-refractivity contribution in [3.8, 4) is 5.75 Å². The molecule has 0 spiro atoms. The number of phenols is 1. The van der Waals surface area contributed by atoms with E-state index in [0.717, 1.165) is 5.56 Å². The van der Waals surface area contributed by atoms with Gasteiger partial charge in [0, 0.05) is 21.1 Å². The SMILES string of the molecule is CC(C)[C@@H](Nc1c(Nc2cccc(C(=O)N(C)C)c2O)c(=O)c1=O)C(=O)N(C)[C@H](C)c1ccccc1. The third kappa shape index (κ3) is 5.10. The normalized spacial score (nSPS) is 12.8. The molecule has 3 N–H and O–H groups in total. The first-order valence-electron chi connectivity index (χ1n) is 11.7. The molecule has 0 unspecified atom stereocenters. The van der Waals surface area contributed by atoms with Crippen LogP contribution in [-0.4, -0.2) is 53.9 Å². The number of nitrogens with zero attached hydrogens (tertiary/aromatic N) is 2. The van der Waals surface area contributed by atoms with E-state index in [0.29, 0.717) is 0 Å². The molecule has 2 amide bonds. The van der Waals surface area contributed by atoms with E-state index in [1.165, 1.54) is 17.0 Å². The molecule has 0 heterocycles. The molecule has 2 atom stereocenters. The largest absolute Gasteiger partial charge is 0.505 e. The predicted octanol–water partition coefficient (Wildman–Crippen LogP) is 3.09. The van der Waals surface area contributed by atoms with E-state index in [4.69, 9.17) is 0 Å². The number of likely N-dealkylation sites (N-methyl/N-ethyl adjacent to an activating group) is 1. The summed E-state index contributed by atoms with van der Waals surface area (Å²) in [4.78, 5) is 53.5. The topological polar surface area (TPSA) is 119 Å². The fourth-order valence-corrected chi connectivity index (χ4v) is 3.88. The third-order valence-electron chi connectivity index (χ3n) is 6.29. The second-order valence-electron chi connectivity index (χ2n) is 9.34. The van der Waals surface area contributed by atoms with Gasteiger partial charge in [0.1, 0.15) is 17.4 Å². The molecule has 0 radical (unpaired) electrons. The number of amides is 2. The standard InChI is InChI=1S/C27H32N4O5/c1-15(2)20(27(36)31(6)16(3)17-11-8-7-9-12-17)29-22-21(24(33)25(22)34)28-19-14-10-13-18(23(19)32)26(35)30(4)5/h7-16,20,28-29,32H,1-6H3/t16-,20-/m1/s1. The number of hydrogen-bond donors (Lipinski definition) is 3. The van der Waals surface area contributed by atoms with Crippen molar-refractivity contribution in [1.82, 2.24) is 9.80 Å². The van der Waals surface area contributed by atoms with Gasteiger partial charge in [-0.15, -0.1) is 0 Å². The summed E-state index contributed by atoms with van der Waals surface area (Å²) in [6, 6.07) is 13.1. The van der Waals surface area contributed by atoms with E-state index in [1.54, 1.807) is 32.1 Å². The summed E-state index contributed by atoms with van der Waals surface area (Å²) in [5.74, 6) is -1.19. The number of carbonyl (C=O) groups excluding carboxylic acids is 2. The molecule has 190 valence electrons. The van der Waals surface area contributed by atoms with Gasteiger partial charge in [-0.1, -0.05) is 50.2 Å². The molecule has 0 bridgehead atoms. The van der Waals surface area contributed by atoms with E-state index in [1.807, 2.05) is 51.1 Å². The molecule has 0 saturated heterocycles. The van der Waals surface area contributed by atoms with Crippen LogP contribution in [0.3, 0.4) is 0 Å². The minimum absolute atomic E-state index is 0.0310. The van der Waals surface area contributed by atoms with Gasteiger partial charge in [0.05, 0.1) is 17.3 Å². The lowest BCUT2D eigenvalue weighted by atomic mass is 9.99. The predicted molar refractivity (Wildman–Crippen MR) is 141 cm³/mol. The Hall–Kier alpha value is -4.14. The van der Waals surface area contributed by atoms with Crippen LogP contribution in [0.2, 0.25) is 0 Å². The van der Waals surface area contributed by atoms with Crippen molar-refractivity contribution in [3.05, 3.63) is 80.1 Å². The fourth-order valence-electron chi connectivity index (χ4n) is 3.88. The van der Waals surface area contributed by atoms with E-state index >= 15 is 0 Å². The Balaban J connectivity index is 1.87. The van der Waals surface area contributed by atoms with Crippen LogP contribution in [0.15, 0.2) is 58.1 Å². The molecule has 0 aliphatic rings. The molecular weight excluding hydrogens is 460 g/mol. The number of para-hydroxylation sites is 1. The molecule has 0 aliphatic carbocycles. The minimum Gasteiger partial charge on any atom is -0.505 e. The van der Waals surface area contributed by atoms with E-state index in [2.05, 4.69) is 10.6 Å². The first kappa shape index (κ1) is 26.5. The van der Waals surface area contributed by atoms with Crippen LogP contribution in [0.25, 0.3) is 0 Å². The van der Waals surface area contributed by atoms with Crippen molar-refractivity contribution >= 4 is 28.9 Å². The van der Waals surface area contributed by atoms with Crippen LogP contribution in [-0.2, 0) is 4.79 Å². The molecule has 9 nitrogen and oxygen atoms in total. The number of anilines is 3. The molecule has 3 rings (SSSR count). The van der Waals surface area contributed by atoms with E-state index in [-0.39, 0.29) is 46.2 Å². The molecule has 3 aromatic rings. The van der Waals surface area contributed by atoms with Crippen LogP contribution >= 0.6 is 0 Å². The zero-order chi connectivity index (χ0) is 26.7. The maximum Gasteiger partial charge on any atom is 0.257 e. The quantitative estimate of drug-likeness (QED) is 0.310.